The second kappa shape index (κ2) is 7.25. The van der Waals surface area contributed by atoms with Crippen molar-refractivity contribution in [2.75, 3.05) is 33.4 Å². The maximum atomic E-state index is 5.66. The summed E-state index contributed by atoms with van der Waals surface area (Å²) in [6, 6.07) is 0.575. The molecule has 1 aliphatic heterocycles. The Morgan fingerprint density at radius 1 is 1.44 bits per heavy atom. The first-order valence-electron chi connectivity index (χ1n) is 6.62. The summed E-state index contributed by atoms with van der Waals surface area (Å²) in [4.78, 5) is 2.61. The topological polar surface area (TPSA) is 38.5 Å². The molecule has 0 aromatic carbocycles. The third kappa shape index (κ3) is 4.04. The number of methoxy groups -OCH3 is 1. The van der Waals surface area contributed by atoms with Crippen LogP contribution in [0.1, 0.15) is 33.1 Å². The fourth-order valence-corrected chi connectivity index (χ4v) is 2.76. The van der Waals surface area contributed by atoms with Gasteiger partial charge in [0.2, 0.25) is 0 Å². The quantitative estimate of drug-likeness (QED) is 0.752. The number of likely N-dealkylation sites (tertiary alicyclic amines) is 1. The Bertz CT molecular complexity index is 183. The highest BCUT2D eigenvalue weighted by atomic mass is 16.5. The van der Waals surface area contributed by atoms with Gasteiger partial charge in [-0.05, 0) is 44.2 Å². The van der Waals surface area contributed by atoms with Crippen LogP contribution >= 0.6 is 0 Å². The lowest BCUT2D eigenvalue weighted by molar-refractivity contribution is 0.0358. The van der Waals surface area contributed by atoms with Crippen molar-refractivity contribution in [3.8, 4) is 0 Å². The number of hydrogen-bond donors (Lipinski definition) is 1. The fourth-order valence-electron chi connectivity index (χ4n) is 2.76. The minimum absolute atomic E-state index is 0.575. The summed E-state index contributed by atoms with van der Waals surface area (Å²) in [6.45, 7) is 8.70. The van der Waals surface area contributed by atoms with E-state index in [1.807, 2.05) is 0 Å². The number of hydrogen-bond acceptors (Lipinski definition) is 3. The summed E-state index contributed by atoms with van der Waals surface area (Å²) in [5.41, 5.74) is 5.66. The zero-order valence-electron chi connectivity index (χ0n) is 11.1. The number of nitrogens with zero attached hydrogens (tertiary/aromatic N) is 1. The molecule has 0 aromatic heterocycles. The maximum absolute atomic E-state index is 5.66. The summed E-state index contributed by atoms with van der Waals surface area (Å²) in [5.74, 6) is 1.47. The van der Waals surface area contributed by atoms with Gasteiger partial charge in [-0.25, -0.2) is 0 Å². The lowest BCUT2D eigenvalue weighted by Crippen LogP contribution is -2.47. The molecule has 0 aliphatic carbocycles. The molecular weight excluding hydrogens is 200 g/mol. The summed E-state index contributed by atoms with van der Waals surface area (Å²) < 4.78 is 5.35. The molecule has 2 atom stereocenters. The monoisotopic (exact) mass is 228 g/mol. The van der Waals surface area contributed by atoms with Crippen LogP contribution in [0.2, 0.25) is 0 Å². The van der Waals surface area contributed by atoms with E-state index in [0.717, 1.165) is 19.1 Å². The third-order valence-electron chi connectivity index (χ3n) is 3.70. The molecule has 1 fully saturated rings. The van der Waals surface area contributed by atoms with E-state index in [1.54, 1.807) is 7.11 Å². The first-order valence-corrected chi connectivity index (χ1v) is 6.62. The van der Waals surface area contributed by atoms with E-state index in [0.29, 0.717) is 12.0 Å². The van der Waals surface area contributed by atoms with Crippen LogP contribution < -0.4 is 5.73 Å². The van der Waals surface area contributed by atoms with Gasteiger partial charge in [0.15, 0.2) is 0 Å². The van der Waals surface area contributed by atoms with E-state index in [9.17, 15) is 0 Å². The molecule has 0 spiro atoms. The van der Waals surface area contributed by atoms with Crippen LogP contribution in [-0.4, -0.2) is 44.3 Å². The second-order valence-electron chi connectivity index (χ2n) is 5.35. The Balaban J connectivity index is 2.49. The predicted octanol–water partition coefficient (Wildman–Crippen LogP) is 1.72. The van der Waals surface area contributed by atoms with Crippen molar-refractivity contribution in [1.29, 1.82) is 0 Å². The first kappa shape index (κ1) is 13.9. The van der Waals surface area contributed by atoms with Crippen LogP contribution in [0.4, 0.5) is 0 Å². The molecule has 1 rings (SSSR count). The largest absolute Gasteiger partial charge is 0.383 e. The van der Waals surface area contributed by atoms with Crippen LogP contribution in [0, 0.1) is 11.8 Å². The Morgan fingerprint density at radius 3 is 2.75 bits per heavy atom. The molecule has 16 heavy (non-hydrogen) atoms. The Labute approximate surface area is 100 Å². The van der Waals surface area contributed by atoms with Crippen molar-refractivity contribution in [1.82, 2.24) is 4.90 Å². The zero-order chi connectivity index (χ0) is 12.0. The van der Waals surface area contributed by atoms with Gasteiger partial charge in [0.1, 0.15) is 0 Å². The Morgan fingerprint density at radius 2 is 2.19 bits per heavy atom. The van der Waals surface area contributed by atoms with Crippen LogP contribution in [-0.2, 0) is 4.74 Å². The number of piperidine rings is 1. The van der Waals surface area contributed by atoms with E-state index in [2.05, 4.69) is 18.7 Å². The SMILES string of the molecule is COCC(C(C)C)N1CCCC(CCN)C1. The zero-order valence-corrected chi connectivity index (χ0v) is 11.1. The van der Waals surface area contributed by atoms with E-state index in [1.165, 1.54) is 32.4 Å². The van der Waals surface area contributed by atoms with Gasteiger partial charge in [0, 0.05) is 19.7 Å². The smallest absolute Gasteiger partial charge is 0.0620 e. The van der Waals surface area contributed by atoms with Gasteiger partial charge in [0.05, 0.1) is 6.61 Å². The molecule has 2 unspecified atom stereocenters. The summed E-state index contributed by atoms with van der Waals surface area (Å²) in [5, 5.41) is 0. The van der Waals surface area contributed by atoms with Crippen LogP contribution in [0.3, 0.4) is 0 Å². The average molecular weight is 228 g/mol. The molecule has 0 amide bonds. The third-order valence-corrected chi connectivity index (χ3v) is 3.70. The molecule has 0 saturated carbocycles. The van der Waals surface area contributed by atoms with Gasteiger partial charge in [0.25, 0.3) is 0 Å². The van der Waals surface area contributed by atoms with E-state index in [-0.39, 0.29) is 0 Å². The Kier molecular flexibility index (Phi) is 6.32. The number of nitrogens with two attached hydrogens (primary N) is 1. The molecule has 0 bridgehead atoms. The lowest BCUT2D eigenvalue weighted by Gasteiger charge is -2.39. The molecule has 0 radical (unpaired) electrons. The fraction of sp³-hybridized carbons (Fsp3) is 1.00. The van der Waals surface area contributed by atoms with Gasteiger partial charge < -0.3 is 10.5 Å². The molecule has 96 valence electrons. The van der Waals surface area contributed by atoms with E-state index in [4.69, 9.17) is 10.5 Å². The second-order valence-corrected chi connectivity index (χ2v) is 5.35. The number of ether oxygens (including phenoxy) is 1. The van der Waals surface area contributed by atoms with Gasteiger partial charge in [-0.1, -0.05) is 13.8 Å². The normalized spacial score (nSPS) is 24.9. The average Bonchev–Trinajstić information content (AvgIpc) is 2.26. The first-order chi connectivity index (χ1) is 7.69. The molecule has 0 aromatic rings. The van der Waals surface area contributed by atoms with Gasteiger partial charge >= 0.3 is 0 Å². The van der Waals surface area contributed by atoms with Crippen molar-refractivity contribution in [3.05, 3.63) is 0 Å². The highest BCUT2D eigenvalue weighted by Gasteiger charge is 2.27. The minimum Gasteiger partial charge on any atom is -0.383 e. The van der Waals surface area contributed by atoms with Crippen LogP contribution in [0.25, 0.3) is 0 Å². The summed E-state index contributed by atoms with van der Waals surface area (Å²) in [7, 11) is 1.80. The molecular formula is C13H28N2O. The van der Waals surface area contributed by atoms with Crippen molar-refractivity contribution < 1.29 is 4.74 Å². The van der Waals surface area contributed by atoms with Crippen LogP contribution in [0.5, 0.6) is 0 Å². The van der Waals surface area contributed by atoms with Gasteiger partial charge in [-0.15, -0.1) is 0 Å². The highest BCUT2D eigenvalue weighted by molar-refractivity contribution is 4.81. The minimum atomic E-state index is 0.575. The van der Waals surface area contributed by atoms with Gasteiger partial charge in [-0.2, -0.15) is 0 Å². The lowest BCUT2D eigenvalue weighted by atomic mass is 9.92. The summed E-state index contributed by atoms with van der Waals surface area (Å²) >= 11 is 0. The molecule has 3 heteroatoms. The molecule has 1 aliphatic rings. The maximum Gasteiger partial charge on any atom is 0.0620 e. The van der Waals surface area contributed by atoms with Crippen molar-refractivity contribution in [2.24, 2.45) is 17.6 Å². The molecule has 1 heterocycles. The van der Waals surface area contributed by atoms with Crippen molar-refractivity contribution >= 4 is 0 Å². The van der Waals surface area contributed by atoms with Gasteiger partial charge in [-0.3, -0.25) is 4.90 Å². The highest BCUT2D eigenvalue weighted by Crippen LogP contribution is 2.23. The van der Waals surface area contributed by atoms with Crippen molar-refractivity contribution in [3.63, 3.8) is 0 Å². The standard InChI is InChI=1S/C13H28N2O/c1-11(2)13(10-16-3)15-8-4-5-12(9-15)6-7-14/h11-13H,4-10,14H2,1-3H3. The Hall–Kier alpha value is -0.120. The molecule has 2 N–H and O–H groups in total. The van der Waals surface area contributed by atoms with E-state index >= 15 is 0 Å². The molecule has 3 nitrogen and oxygen atoms in total. The summed E-state index contributed by atoms with van der Waals surface area (Å²) in [6.07, 6.45) is 3.84. The number of rotatable bonds is 6. The predicted molar refractivity (Wildman–Crippen MR) is 68.5 cm³/mol. The van der Waals surface area contributed by atoms with Crippen molar-refractivity contribution in [2.45, 2.75) is 39.2 Å². The molecule has 1 saturated heterocycles. The van der Waals surface area contributed by atoms with Crippen LogP contribution in [0.15, 0.2) is 0 Å². The van der Waals surface area contributed by atoms with E-state index < -0.39 is 0 Å².